The number of Topliss-reactive ketones (excluding diaryl/α,β-unsaturated/α-hetero) is 1. The molecule has 1 atom stereocenters. The first-order valence-electron chi connectivity index (χ1n) is 11.1. The highest BCUT2D eigenvalue weighted by Crippen LogP contribution is 2.44. The van der Waals surface area contributed by atoms with E-state index >= 15 is 0 Å². The molecule has 0 saturated carbocycles. The molecule has 1 saturated heterocycles. The Labute approximate surface area is 207 Å². The largest absolute Gasteiger partial charge is 0.507 e. The summed E-state index contributed by atoms with van der Waals surface area (Å²) in [6.07, 6.45) is 0. The molecule has 3 aromatic rings. The second-order valence-corrected chi connectivity index (χ2v) is 8.15. The third kappa shape index (κ3) is 4.55. The van der Waals surface area contributed by atoms with Crippen molar-refractivity contribution in [2.24, 2.45) is 0 Å². The summed E-state index contributed by atoms with van der Waals surface area (Å²) in [5.74, 6) is -1.32. The van der Waals surface area contributed by atoms with E-state index in [1.54, 1.807) is 61.5 Å². The van der Waals surface area contributed by atoms with Crippen LogP contribution in [0.4, 0.5) is 5.69 Å². The minimum Gasteiger partial charge on any atom is -0.507 e. The maximum atomic E-state index is 13.3. The standard InChI is InChI=1S/C27H24ClNO6/c1-3-34-18-11-12-19(22(15-18)35-4-2)25(31)23-24(16-10-13-21(30)20(28)14-16)29(27(33)26(23)32)17-8-6-5-7-9-17/h5-15,24,30-31H,3-4H2,1-2H3/b25-23-. The fraction of sp³-hybridized carbons (Fsp3) is 0.185. The zero-order valence-electron chi connectivity index (χ0n) is 19.2. The third-order valence-corrected chi connectivity index (χ3v) is 5.89. The minimum absolute atomic E-state index is 0.0530. The van der Waals surface area contributed by atoms with Gasteiger partial charge < -0.3 is 19.7 Å². The van der Waals surface area contributed by atoms with Crippen LogP contribution >= 0.6 is 11.6 Å². The maximum Gasteiger partial charge on any atom is 0.300 e. The molecule has 0 aromatic heterocycles. The van der Waals surface area contributed by atoms with Gasteiger partial charge in [-0.3, -0.25) is 14.5 Å². The molecule has 0 bridgehead atoms. The van der Waals surface area contributed by atoms with Gasteiger partial charge in [0.25, 0.3) is 11.7 Å². The van der Waals surface area contributed by atoms with E-state index in [9.17, 15) is 19.8 Å². The maximum absolute atomic E-state index is 13.3. The molecule has 8 heteroatoms. The number of ether oxygens (including phenoxy) is 2. The molecule has 1 aliphatic rings. The molecular weight excluding hydrogens is 470 g/mol. The lowest BCUT2D eigenvalue weighted by molar-refractivity contribution is -0.132. The summed E-state index contributed by atoms with van der Waals surface area (Å²) in [7, 11) is 0. The summed E-state index contributed by atoms with van der Waals surface area (Å²) in [6, 6.07) is 17.0. The molecule has 2 N–H and O–H groups in total. The molecule has 0 radical (unpaired) electrons. The van der Waals surface area contributed by atoms with Gasteiger partial charge in [-0.25, -0.2) is 0 Å². The van der Waals surface area contributed by atoms with Crippen molar-refractivity contribution in [1.82, 2.24) is 0 Å². The van der Waals surface area contributed by atoms with Gasteiger partial charge in [-0.15, -0.1) is 0 Å². The number of aliphatic hydroxyl groups excluding tert-OH is 1. The molecule has 3 aromatic carbocycles. The van der Waals surface area contributed by atoms with Crippen LogP contribution in [0.3, 0.4) is 0 Å². The van der Waals surface area contributed by atoms with Crippen LogP contribution in [0, 0.1) is 0 Å². The number of benzene rings is 3. The van der Waals surface area contributed by atoms with Crippen molar-refractivity contribution >= 4 is 34.7 Å². The normalized spacial score (nSPS) is 17.0. The van der Waals surface area contributed by atoms with Gasteiger partial charge in [-0.05, 0) is 55.8 Å². The van der Waals surface area contributed by atoms with E-state index in [4.69, 9.17) is 21.1 Å². The SMILES string of the molecule is CCOc1ccc(/C(O)=C2/C(=O)C(=O)N(c3ccccc3)C2c2ccc(O)c(Cl)c2)c(OCC)c1. The molecule has 1 amide bonds. The topological polar surface area (TPSA) is 96.3 Å². The van der Waals surface area contributed by atoms with Crippen molar-refractivity contribution in [3.8, 4) is 17.2 Å². The first kappa shape index (κ1) is 24.2. The third-order valence-electron chi connectivity index (χ3n) is 5.59. The number of aliphatic hydroxyl groups is 1. The molecule has 35 heavy (non-hydrogen) atoms. The lowest BCUT2D eigenvalue weighted by atomic mass is 9.94. The molecule has 4 rings (SSSR count). The highest BCUT2D eigenvalue weighted by molar-refractivity contribution is 6.51. The smallest absolute Gasteiger partial charge is 0.300 e. The molecule has 7 nitrogen and oxygen atoms in total. The number of phenols is 1. The van der Waals surface area contributed by atoms with E-state index in [2.05, 4.69) is 0 Å². The van der Waals surface area contributed by atoms with Crippen LogP contribution in [-0.4, -0.2) is 35.1 Å². The molecule has 1 fully saturated rings. The quantitative estimate of drug-likeness (QED) is 0.257. The molecule has 0 aliphatic carbocycles. The van der Waals surface area contributed by atoms with Crippen LogP contribution < -0.4 is 14.4 Å². The van der Waals surface area contributed by atoms with Crippen molar-refractivity contribution in [3.05, 3.63) is 88.5 Å². The number of para-hydroxylation sites is 1. The number of ketones is 1. The van der Waals surface area contributed by atoms with Crippen molar-refractivity contribution < 1.29 is 29.3 Å². The average molecular weight is 494 g/mol. The summed E-state index contributed by atoms with van der Waals surface area (Å²) in [6.45, 7) is 4.40. The number of carbonyl (C=O) groups excluding carboxylic acids is 2. The van der Waals surface area contributed by atoms with Crippen molar-refractivity contribution in [2.45, 2.75) is 19.9 Å². The van der Waals surface area contributed by atoms with Gasteiger partial charge in [0.05, 0.1) is 35.4 Å². The zero-order valence-corrected chi connectivity index (χ0v) is 20.0. The summed E-state index contributed by atoms with van der Waals surface area (Å²) < 4.78 is 11.3. The van der Waals surface area contributed by atoms with E-state index < -0.39 is 17.7 Å². The Kier molecular flexibility index (Phi) is 6.98. The van der Waals surface area contributed by atoms with Crippen molar-refractivity contribution in [2.75, 3.05) is 18.1 Å². The number of hydrogen-bond donors (Lipinski definition) is 2. The second kappa shape index (κ2) is 10.1. The van der Waals surface area contributed by atoms with Gasteiger partial charge in [-0.1, -0.05) is 35.9 Å². The Hall–Kier alpha value is -3.97. The fourth-order valence-electron chi connectivity index (χ4n) is 4.07. The first-order chi connectivity index (χ1) is 16.9. The Morgan fingerprint density at radius 3 is 2.34 bits per heavy atom. The predicted molar refractivity (Wildman–Crippen MR) is 133 cm³/mol. The summed E-state index contributed by atoms with van der Waals surface area (Å²) >= 11 is 6.17. The van der Waals surface area contributed by atoms with Crippen LogP contribution in [-0.2, 0) is 9.59 Å². The van der Waals surface area contributed by atoms with Crippen LogP contribution in [0.15, 0.2) is 72.3 Å². The second-order valence-electron chi connectivity index (χ2n) is 7.74. The zero-order chi connectivity index (χ0) is 25.1. The Bertz CT molecular complexity index is 1300. The molecule has 1 aliphatic heterocycles. The van der Waals surface area contributed by atoms with Crippen LogP contribution in [0.2, 0.25) is 5.02 Å². The summed E-state index contributed by atoms with van der Waals surface area (Å²) in [5.41, 5.74) is 1.04. The van der Waals surface area contributed by atoms with Gasteiger partial charge in [0.1, 0.15) is 23.0 Å². The average Bonchev–Trinajstić information content (AvgIpc) is 3.12. The number of nitrogens with zero attached hydrogens (tertiary/aromatic N) is 1. The number of hydrogen-bond acceptors (Lipinski definition) is 6. The van der Waals surface area contributed by atoms with Crippen LogP contribution in [0.1, 0.15) is 31.0 Å². The number of amides is 1. The number of halogens is 1. The number of aromatic hydroxyl groups is 1. The number of rotatable bonds is 7. The number of phenolic OH excluding ortho intramolecular Hbond substituents is 1. The molecule has 180 valence electrons. The lowest BCUT2D eigenvalue weighted by Crippen LogP contribution is -2.29. The van der Waals surface area contributed by atoms with Gasteiger partial charge >= 0.3 is 0 Å². The van der Waals surface area contributed by atoms with Gasteiger partial charge in [-0.2, -0.15) is 0 Å². The fourth-order valence-corrected chi connectivity index (χ4v) is 4.26. The van der Waals surface area contributed by atoms with E-state index in [-0.39, 0.29) is 27.7 Å². The van der Waals surface area contributed by atoms with E-state index in [0.29, 0.717) is 36.0 Å². The molecular formula is C27H24ClNO6. The Balaban J connectivity index is 1.95. The highest BCUT2D eigenvalue weighted by atomic mass is 35.5. The monoisotopic (exact) mass is 493 g/mol. The van der Waals surface area contributed by atoms with Gasteiger partial charge in [0.15, 0.2) is 0 Å². The van der Waals surface area contributed by atoms with E-state index in [0.717, 1.165) is 0 Å². The molecule has 1 heterocycles. The van der Waals surface area contributed by atoms with Crippen LogP contribution in [0.5, 0.6) is 17.2 Å². The Morgan fingerprint density at radius 1 is 0.971 bits per heavy atom. The van der Waals surface area contributed by atoms with Crippen LogP contribution in [0.25, 0.3) is 5.76 Å². The first-order valence-corrected chi connectivity index (χ1v) is 11.5. The molecule has 0 spiro atoms. The summed E-state index contributed by atoms with van der Waals surface area (Å²) in [4.78, 5) is 27.9. The van der Waals surface area contributed by atoms with Gasteiger partial charge in [0.2, 0.25) is 0 Å². The van der Waals surface area contributed by atoms with Gasteiger partial charge in [0, 0.05) is 11.8 Å². The predicted octanol–water partition coefficient (Wildman–Crippen LogP) is 5.47. The highest BCUT2D eigenvalue weighted by Gasteiger charge is 2.47. The minimum atomic E-state index is -0.989. The number of carbonyl (C=O) groups is 2. The summed E-state index contributed by atoms with van der Waals surface area (Å²) in [5, 5.41) is 21.4. The van der Waals surface area contributed by atoms with Crippen molar-refractivity contribution in [1.29, 1.82) is 0 Å². The molecule has 1 unspecified atom stereocenters. The van der Waals surface area contributed by atoms with E-state index in [1.165, 1.54) is 17.0 Å². The number of anilines is 1. The van der Waals surface area contributed by atoms with E-state index in [1.807, 2.05) is 6.92 Å². The van der Waals surface area contributed by atoms with Crippen molar-refractivity contribution in [3.63, 3.8) is 0 Å². The Morgan fingerprint density at radius 2 is 1.69 bits per heavy atom. The lowest BCUT2D eigenvalue weighted by Gasteiger charge is -2.25.